The first-order chi connectivity index (χ1) is 14.2. The van der Waals surface area contributed by atoms with Gasteiger partial charge >= 0.3 is 11.7 Å². The average molecular weight is 455 g/mol. The van der Waals surface area contributed by atoms with Crippen LogP contribution in [-0.4, -0.2) is 51.0 Å². The Hall–Kier alpha value is -2.76. The first-order valence-electron chi connectivity index (χ1n) is 8.93. The summed E-state index contributed by atoms with van der Waals surface area (Å²) in [7, 11) is -4.01. The van der Waals surface area contributed by atoms with Gasteiger partial charge in [0.1, 0.15) is 17.3 Å². The number of sulfonamides is 1. The predicted octanol–water partition coefficient (Wildman–Crippen LogP) is 1.71. The van der Waals surface area contributed by atoms with Gasteiger partial charge in [-0.15, -0.1) is 0 Å². The number of imidazole rings is 1. The highest BCUT2D eigenvalue weighted by atomic mass is 35.5. The van der Waals surface area contributed by atoms with Gasteiger partial charge < -0.3 is 5.11 Å². The number of carboxylic acids is 1. The van der Waals surface area contributed by atoms with E-state index in [1.54, 1.807) is 12.1 Å². The van der Waals surface area contributed by atoms with E-state index in [4.69, 9.17) is 16.7 Å². The summed E-state index contributed by atoms with van der Waals surface area (Å²) in [5, 5.41) is 8.90. The van der Waals surface area contributed by atoms with E-state index in [2.05, 4.69) is 4.98 Å². The van der Waals surface area contributed by atoms with Crippen molar-refractivity contribution >= 4 is 38.8 Å². The number of benzene rings is 1. The van der Waals surface area contributed by atoms with Gasteiger partial charge in [0.05, 0.1) is 16.6 Å². The van der Waals surface area contributed by atoms with Crippen molar-refractivity contribution in [3.63, 3.8) is 0 Å². The second kappa shape index (κ2) is 7.49. The van der Waals surface area contributed by atoms with E-state index in [0.717, 1.165) is 22.8 Å². The fraction of sp³-hybridized carbons (Fsp3) is 0.278. The summed E-state index contributed by atoms with van der Waals surface area (Å²) in [6, 6.07) is 5.68. The predicted molar refractivity (Wildman–Crippen MR) is 105 cm³/mol. The Morgan fingerprint density at radius 2 is 2.10 bits per heavy atom. The third kappa shape index (κ3) is 3.38. The van der Waals surface area contributed by atoms with Crippen molar-refractivity contribution in [1.82, 2.24) is 18.4 Å². The van der Waals surface area contributed by atoms with Gasteiger partial charge in [-0.05, 0) is 36.8 Å². The highest BCUT2D eigenvalue weighted by Gasteiger charge is 2.36. The van der Waals surface area contributed by atoms with Gasteiger partial charge in [0, 0.05) is 19.3 Å². The van der Waals surface area contributed by atoms with Crippen LogP contribution in [0.4, 0.5) is 4.39 Å². The molecule has 12 heteroatoms. The first kappa shape index (κ1) is 20.5. The van der Waals surface area contributed by atoms with Crippen LogP contribution in [0.5, 0.6) is 0 Å². The van der Waals surface area contributed by atoms with Crippen LogP contribution in [0.2, 0.25) is 5.02 Å². The Morgan fingerprint density at radius 3 is 2.80 bits per heavy atom. The van der Waals surface area contributed by atoms with Crippen molar-refractivity contribution in [3.8, 4) is 0 Å². The minimum atomic E-state index is -4.01. The lowest BCUT2D eigenvalue weighted by atomic mass is 10.2. The van der Waals surface area contributed by atoms with E-state index in [9.17, 15) is 22.4 Å². The second-order valence-corrected chi connectivity index (χ2v) is 9.17. The SMILES string of the molecule is O=C(O)Cn1c(=O)n([C@@H]2CCN(S(=O)(=O)c3ccc(F)cc3Cl)C2)c2ncccc21. The van der Waals surface area contributed by atoms with Crippen LogP contribution in [-0.2, 0) is 21.4 Å². The zero-order valence-electron chi connectivity index (χ0n) is 15.4. The van der Waals surface area contributed by atoms with Gasteiger partial charge in [-0.3, -0.25) is 13.9 Å². The lowest BCUT2D eigenvalue weighted by Gasteiger charge is -2.18. The van der Waals surface area contributed by atoms with E-state index in [1.165, 1.54) is 15.1 Å². The van der Waals surface area contributed by atoms with E-state index in [1.807, 2.05) is 0 Å². The number of halogens is 2. The number of carbonyl (C=O) groups is 1. The monoisotopic (exact) mass is 454 g/mol. The molecule has 1 fully saturated rings. The smallest absolute Gasteiger partial charge is 0.331 e. The van der Waals surface area contributed by atoms with Crippen LogP contribution < -0.4 is 5.69 Å². The zero-order valence-corrected chi connectivity index (χ0v) is 17.0. The molecule has 0 spiro atoms. The number of carboxylic acid groups (broad SMARTS) is 1. The molecule has 0 radical (unpaired) electrons. The molecule has 0 aliphatic carbocycles. The Morgan fingerprint density at radius 1 is 1.33 bits per heavy atom. The molecule has 1 aliphatic heterocycles. The molecular weight excluding hydrogens is 439 g/mol. The molecule has 1 atom stereocenters. The van der Waals surface area contributed by atoms with Gasteiger partial charge in [0.25, 0.3) is 0 Å². The molecule has 1 N–H and O–H groups in total. The summed E-state index contributed by atoms with van der Waals surface area (Å²) in [6.07, 6.45) is 1.80. The number of pyridine rings is 1. The summed E-state index contributed by atoms with van der Waals surface area (Å²) >= 11 is 5.93. The normalized spacial score (nSPS) is 17.6. The van der Waals surface area contributed by atoms with E-state index in [-0.39, 0.29) is 28.7 Å². The summed E-state index contributed by atoms with van der Waals surface area (Å²) in [6.45, 7) is -0.446. The van der Waals surface area contributed by atoms with Crippen LogP contribution in [0.15, 0.2) is 46.2 Å². The van der Waals surface area contributed by atoms with Gasteiger partial charge in [0.15, 0.2) is 5.65 Å². The van der Waals surface area contributed by atoms with Crippen molar-refractivity contribution in [2.75, 3.05) is 13.1 Å². The van der Waals surface area contributed by atoms with Crippen molar-refractivity contribution in [3.05, 3.63) is 57.9 Å². The Labute approximate surface area is 175 Å². The third-order valence-electron chi connectivity index (χ3n) is 5.02. The molecule has 4 rings (SSSR count). The lowest BCUT2D eigenvalue weighted by molar-refractivity contribution is -0.137. The largest absolute Gasteiger partial charge is 0.480 e. The van der Waals surface area contributed by atoms with Gasteiger partial charge in [-0.1, -0.05) is 11.6 Å². The fourth-order valence-electron chi connectivity index (χ4n) is 3.69. The minimum absolute atomic E-state index is 0.0291. The van der Waals surface area contributed by atoms with E-state index in [0.29, 0.717) is 11.9 Å². The number of hydrogen-bond acceptors (Lipinski definition) is 5. The van der Waals surface area contributed by atoms with Crippen molar-refractivity contribution in [2.24, 2.45) is 0 Å². The standard InChI is InChI=1S/C18H16ClFN4O5S/c19-13-8-11(20)3-4-15(13)30(28,29)22-7-5-12(9-22)24-17-14(2-1-6-21-17)23(18(24)27)10-16(25)26/h1-4,6,8,12H,5,7,9-10H2,(H,25,26)/t12-/m1/s1. The maximum absolute atomic E-state index is 13.3. The molecule has 158 valence electrons. The zero-order chi connectivity index (χ0) is 21.6. The molecule has 3 heterocycles. The molecule has 30 heavy (non-hydrogen) atoms. The number of nitrogens with zero attached hydrogens (tertiary/aromatic N) is 4. The fourth-order valence-corrected chi connectivity index (χ4v) is 5.69. The van der Waals surface area contributed by atoms with E-state index < -0.39 is 40.1 Å². The highest BCUT2D eigenvalue weighted by molar-refractivity contribution is 7.89. The maximum atomic E-state index is 13.3. The van der Waals surface area contributed by atoms with Crippen LogP contribution in [0.1, 0.15) is 12.5 Å². The van der Waals surface area contributed by atoms with Gasteiger partial charge in [-0.25, -0.2) is 22.6 Å². The minimum Gasteiger partial charge on any atom is -0.480 e. The average Bonchev–Trinajstić information content (AvgIpc) is 3.25. The number of fused-ring (bicyclic) bond motifs is 1. The maximum Gasteiger partial charge on any atom is 0.331 e. The summed E-state index contributed by atoms with van der Waals surface area (Å²) in [5.41, 5.74) is 0.0655. The quantitative estimate of drug-likeness (QED) is 0.627. The number of rotatable bonds is 5. The number of hydrogen-bond donors (Lipinski definition) is 1. The summed E-state index contributed by atoms with van der Waals surface area (Å²) in [4.78, 5) is 28.1. The summed E-state index contributed by atoms with van der Waals surface area (Å²) < 4.78 is 42.9. The first-order valence-corrected chi connectivity index (χ1v) is 10.7. The second-order valence-electron chi connectivity index (χ2n) is 6.86. The van der Waals surface area contributed by atoms with Crippen LogP contribution in [0.3, 0.4) is 0 Å². The molecule has 9 nitrogen and oxygen atoms in total. The molecular formula is C18H16ClFN4O5S. The molecule has 0 bridgehead atoms. The molecule has 3 aromatic rings. The molecule has 1 aromatic carbocycles. The van der Waals surface area contributed by atoms with Crippen LogP contribution in [0, 0.1) is 5.82 Å². The topological polar surface area (TPSA) is 114 Å². The van der Waals surface area contributed by atoms with Crippen LogP contribution >= 0.6 is 11.6 Å². The van der Waals surface area contributed by atoms with Crippen molar-refractivity contribution in [2.45, 2.75) is 23.9 Å². The molecule has 0 saturated carbocycles. The molecule has 1 aliphatic rings. The van der Waals surface area contributed by atoms with E-state index >= 15 is 0 Å². The lowest BCUT2D eigenvalue weighted by Crippen LogP contribution is -2.33. The molecule has 0 unspecified atom stereocenters. The van der Waals surface area contributed by atoms with Crippen LogP contribution in [0.25, 0.3) is 11.2 Å². The summed E-state index contributed by atoms with van der Waals surface area (Å²) in [5.74, 6) is -1.83. The number of aliphatic carboxylic acids is 1. The Bertz CT molecular complexity index is 1320. The Kier molecular flexibility index (Phi) is 5.12. The molecule has 0 amide bonds. The highest BCUT2D eigenvalue weighted by Crippen LogP contribution is 2.31. The van der Waals surface area contributed by atoms with Crippen molar-refractivity contribution in [1.29, 1.82) is 0 Å². The number of aromatic nitrogens is 3. The van der Waals surface area contributed by atoms with Gasteiger partial charge in [-0.2, -0.15) is 4.31 Å². The third-order valence-corrected chi connectivity index (χ3v) is 7.37. The van der Waals surface area contributed by atoms with Crippen molar-refractivity contribution < 1.29 is 22.7 Å². The molecule has 1 saturated heterocycles. The Balaban J connectivity index is 1.72. The van der Waals surface area contributed by atoms with Gasteiger partial charge in [0.2, 0.25) is 10.0 Å². The molecule has 2 aromatic heterocycles.